The molecule has 1 aromatic carbocycles. The van der Waals surface area contributed by atoms with Gasteiger partial charge in [-0.1, -0.05) is 12.1 Å². The van der Waals surface area contributed by atoms with Crippen molar-refractivity contribution >= 4 is 10.0 Å². The number of nitrogens with two attached hydrogens (primary N) is 1. The molecular weight excluding hydrogens is 264 g/mol. The highest BCUT2D eigenvalue weighted by atomic mass is 32.2. The van der Waals surface area contributed by atoms with Crippen molar-refractivity contribution in [3.05, 3.63) is 29.8 Å². The summed E-state index contributed by atoms with van der Waals surface area (Å²) in [5.74, 6) is 0. The molecular formula is C13H20N2O3S. The molecule has 0 aliphatic carbocycles. The van der Waals surface area contributed by atoms with Gasteiger partial charge in [0.1, 0.15) is 0 Å². The van der Waals surface area contributed by atoms with E-state index < -0.39 is 10.0 Å². The van der Waals surface area contributed by atoms with E-state index in [1.165, 1.54) is 4.31 Å². The summed E-state index contributed by atoms with van der Waals surface area (Å²) < 4.78 is 31.7. The lowest BCUT2D eigenvalue weighted by Crippen LogP contribution is -2.33. The third kappa shape index (κ3) is 3.54. The first-order valence-corrected chi connectivity index (χ1v) is 7.95. The fourth-order valence-corrected chi connectivity index (χ4v) is 3.57. The lowest BCUT2D eigenvalue weighted by Gasteiger charge is -2.19. The van der Waals surface area contributed by atoms with Gasteiger partial charge < -0.3 is 10.5 Å². The molecule has 1 aliphatic heterocycles. The highest BCUT2D eigenvalue weighted by Gasteiger charge is 2.25. The van der Waals surface area contributed by atoms with Crippen LogP contribution in [-0.2, 0) is 21.2 Å². The Morgan fingerprint density at radius 1 is 1.16 bits per heavy atom. The summed E-state index contributed by atoms with van der Waals surface area (Å²) in [6, 6.07) is 6.97. The van der Waals surface area contributed by atoms with Gasteiger partial charge in [0.25, 0.3) is 0 Å². The SMILES string of the molecule is NCCc1ccc(S(=O)(=O)N2CCCOCC2)cc1. The van der Waals surface area contributed by atoms with Crippen molar-refractivity contribution in [3.8, 4) is 0 Å². The van der Waals surface area contributed by atoms with Crippen molar-refractivity contribution in [2.45, 2.75) is 17.7 Å². The molecule has 106 valence electrons. The topological polar surface area (TPSA) is 72.6 Å². The van der Waals surface area contributed by atoms with E-state index in [0.717, 1.165) is 18.4 Å². The number of rotatable bonds is 4. The molecule has 1 aliphatic rings. The Hall–Kier alpha value is -0.950. The first-order valence-electron chi connectivity index (χ1n) is 6.51. The lowest BCUT2D eigenvalue weighted by atomic mass is 10.2. The summed E-state index contributed by atoms with van der Waals surface area (Å²) in [6.07, 6.45) is 1.50. The minimum Gasteiger partial charge on any atom is -0.380 e. The van der Waals surface area contributed by atoms with Gasteiger partial charge in [-0.15, -0.1) is 0 Å². The minimum atomic E-state index is -3.39. The predicted octanol–water partition coefficient (Wildman–Crippen LogP) is 0.599. The smallest absolute Gasteiger partial charge is 0.243 e. The molecule has 0 bridgehead atoms. The molecule has 19 heavy (non-hydrogen) atoms. The van der Waals surface area contributed by atoms with E-state index in [1.54, 1.807) is 12.1 Å². The summed E-state index contributed by atoms with van der Waals surface area (Å²) in [6.45, 7) is 2.60. The molecule has 1 heterocycles. The van der Waals surface area contributed by atoms with Crippen molar-refractivity contribution in [3.63, 3.8) is 0 Å². The third-order valence-corrected chi connectivity index (χ3v) is 5.09. The Morgan fingerprint density at radius 2 is 1.89 bits per heavy atom. The Kier molecular flexibility index (Phi) is 4.93. The zero-order chi connectivity index (χ0) is 13.7. The van der Waals surface area contributed by atoms with E-state index in [0.29, 0.717) is 37.7 Å². The molecule has 0 atom stereocenters. The number of nitrogens with zero attached hydrogens (tertiary/aromatic N) is 1. The van der Waals surface area contributed by atoms with Crippen LogP contribution in [0, 0.1) is 0 Å². The highest BCUT2D eigenvalue weighted by Crippen LogP contribution is 2.18. The highest BCUT2D eigenvalue weighted by molar-refractivity contribution is 7.89. The normalized spacial score (nSPS) is 18.2. The van der Waals surface area contributed by atoms with Gasteiger partial charge in [-0.05, 0) is 37.1 Å². The van der Waals surface area contributed by atoms with Gasteiger partial charge in [0.2, 0.25) is 10.0 Å². The molecule has 0 saturated carbocycles. The first kappa shape index (κ1) is 14.5. The van der Waals surface area contributed by atoms with Crippen LogP contribution in [0.25, 0.3) is 0 Å². The number of ether oxygens (including phenoxy) is 1. The summed E-state index contributed by atoms with van der Waals surface area (Å²) in [5.41, 5.74) is 6.53. The Bertz CT molecular complexity index is 491. The fraction of sp³-hybridized carbons (Fsp3) is 0.538. The van der Waals surface area contributed by atoms with Crippen LogP contribution in [0.15, 0.2) is 29.2 Å². The van der Waals surface area contributed by atoms with Crippen molar-refractivity contribution in [1.82, 2.24) is 4.31 Å². The summed E-state index contributed by atoms with van der Waals surface area (Å²) in [4.78, 5) is 0.343. The zero-order valence-electron chi connectivity index (χ0n) is 10.9. The van der Waals surface area contributed by atoms with Crippen LogP contribution in [-0.4, -0.2) is 45.6 Å². The van der Waals surface area contributed by atoms with E-state index >= 15 is 0 Å². The number of hydrogen-bond acceptors (Lipinski definition) is 4. The number of benzene rings is 1. The van der Waals surface area contributed by atoms with E-state index in [9.17, 15) is 8.42 Å². The summed E-state index contributed by atoms with van der Waals surface area (Å²) in [7, 11) is -3.39. The van der Waals surface area contributed by atoms with Gasteiger partial charge in [0.05, 0.1) is 11.5 Å². The van der Waals surface area contributed by atoms with Gasteiger partial charge in [0.15, 0.2) is 0 Å². The predicted molar refractivity (Wildman–Crippen MR) is 73.4 cm³/mol. The molecule has 0 radical (unpaired) electrons. The quantitative estimate of drug-likeness (QED) is 0.878. The molecule has 1 saturated heterocycles. The Balaban J connectivity index is 2.18. The Morgan fingerprint density at radius 3 is 2.58 bits per heavy atom. The van der Waals surface area contributed by atoms with Crippen LogP contribution in [0.4, 0.5) is 0 Å². The maximum absolute atomic E-state index is 12.5. The molecule has 1 fully saturated rings. The van der Waals surface area contributed by atoms with E-state index in [-0.39, 0.29) is 0 Å². The molecule has 2 rings (SSSR count). The van der Waals surface area contributed by atoms with Crippen molar-refractivity contribution < 1.29 is 13.2 Å². The van der Waals surface area contributed by atoms with Crippen LogP contribution in [0.2, 0.25) is 0 Å². The third-order valence-electron chi connectivity index (χ3n) is 3.18. The van der Waals surface area contributed by atoms with Crippen LogP contribution < -0.4 is 5.73 Å². The molecule has 6 heteroatoms. The molecule has 5 nitrogen and oxygen atoms in total. The second-order valence-electron chi connectivity index (χ2n) is 4.55. The van der Waals surface area contributed by atoms with Crippen LogP contribution in [0.3, 0.4) is 0 Å². The van der Waals surface area contributed by atoms with Crippen LogP contribution >= 0.6 is 0 Å². The molecule has 2 N–H and O–H groups in total. The number of sulfonamides is 1. The Labute approximate surface area is 114 Å². The summed E-state index contributed by atoms with van der Waals surface area (Å²) >= 11 is 0. The van der Waals surface area contributed by atoms with E-state index in [1.807, 2.05) is 12.1 Å². The molecule has 0 spiro atoms. The first-order chi connectivity index (χ1) is 9.14. The maximum Gasteiger partial charge on any atom is 0.243 e. The average molecular weight is 284 g/mol. The molecule has 0 amide bonds. The molecule has 1 aromatic rings. The van der Waals surface area contributed by atoms with Crippen molar-refractivity contribution in [2.75, 3.05) is 32.8 Å². The number of hydrogen-bond donors (Lipinski definition) is 1. The molecule has 0 aromatic heterocycles. The van der Waals surface area contributed by atoms with E-state index in [2.05, 4.69) is 0 Å². The average Bonchev–Trinajstić information content (AvgIpc) is 2.69. The standard InChI is InChI=1S/C13H20N2O3S/c14-7-6-12-2-4-13(5-3-12)19(16,17)15-8-1-10-18-11-9-15/h2-5H,1,6-11,14H2. The monoisotopic (exact) mass is 284 g/mol. The lowest BCUT2D eigenvalue weighted by molar-refractivity contribution is 0.148. The zero-order valence-corrected chi connectivity index (χ0v) is 11.7. The van der Waals surface area contributed by atoms with Gasteiger partial charge in [-0.3, -0.25) is 0 Å². The summed E-state index contributed by atoms with van der Waals surface area (Å²) in [5, 5.41) is 0. The second-order valence-corrected chi connectivity index (χ2v) is 6.49. The van der Waals surface area contributed by atoms with E-state index in [4.69, 9.17) is 10.5 Å². The van der Waals surface area contributed by atoms with Crippen molar-refractivity contribution in [1.29, 1.82) is 0 Å². The maximum atomic E-state index is 12.5. The largest absolute Gasteiger partial charge is 0.380 e. The fourth-order valence-electron chi connectivity index (χ4n) is 2.11. The van der Waals surface area contributed by atoms with Crippen molar-refractivity contribution in [2.24, 2.45) is 5.73 Å². The van der Waals surface area contributed by atoms with Crippen LogP contribution in [0.1, 0.15) is 12.0 Å². The van der Waals surface area contributed by atoms with Gasteiger partial charge >= 0.3 is 0 Å². The second kappa shape index (κ2) is 6.47. The molecule has 0 unspecified atom stereocenters. The van der Waals surface area contributed by atoms with Crippen LogP contribution in [0.5, 0.6) is 0 Å². The van der Waals surface area contributed by atoms with Gasteiger partial charge in [-0.2, -0.15) is 4.31 Å². The minimum absolute atomic E-state index is 0.343. The van der Waals surface area contributed by atoms with Gasteiger partial charge in [-0.25, -0.2) is 8.42 Å². The van der Waals surface area contributed by atoms with Gasteiger partial charge in [0, 0.05) is 19.7 Å².